The van der Waals surface area contributed by atoms with Gasteiger partial charge < -0.3 is 19.8 Å². The Labute approximate surface area is 113 Å². The molecule has 0 saturated heterocycles. The van der Waals surface area contributed by atoms with E-state index in [1.54, 1.807) is 14.2 Å². The third-order valence-corrected chi connectivity index (χ3v) is 3.28. The number of ether oxygens (including phenoxy) is 2. The van der Waals surface area contributed by atoms with Gasteiger partial charge in [-0.05, 0) is 26.3 Å². The fraction of sp³-hybridized carbons (Fsp3) is 0.500. The standard InChI is InChI=1S/C14H21N3O2/c1-10-16-11-8-13(18-2)14(19-3)9-12(11)17(10)7-5-4-6-15/h8-9H,4-7,15H2,1-3H3. The molecule has 0 aliphatic carbocycles. The highest BCUT2D eigenvalue weighted by Crippen LogP contribution is 2.32. The topological polar surface area (TPSA) is 62.3 Å². The molecule has 1 aromatic heterocycles. The van der Waals surface area contributed by atoms with E-state index in [1.807, 2.05) is 19.1 Å². The number of aromatic nitrogens is 2. The molecule has 1 heterocycles. The van der Waals surface area contributed by atoms with E-state index in [2.05, 4.69) is 9.55 Å². The molecule has 1 aromatic carbocycles. The van der Waals surface area contributed by atoms with E-state index >= 15 is 0 Å². The zero-order chi connectivity index (χ0) is 13.8. The van der Waals surface area contributed by atoms with Crippen LogP contribution in [0.25, 0.3) is 11.0 Å². The molecule has 2 aromatic rings. The zero-order valence-corrected chi connectivity index (χ0v) is 11.8. The number of hydrogen-bond donors (Lipinski definition) is 1. The molecule has 2 rings (SSSR count). The van der Waals surface area contributed by atoms with Gasteiger partial charge in [-0.25, -0.2) is 4.98 Å². The van der Waals surface area contributed by atoms with Gasteiger partial charge in [0.25, 0.3) is 0 Å². The second-order valence-corrected chi connectivity index (χ2v) is 4.50. The number of imidazole rings is 1. The third-order valence-electron chi connectivity index (χ3n) is 3.28. The normalized spacial score (nSPS) is 10.9. The minimum atomic E-state index is 0.710. The maximum Gasteiger partial charge on any atom is 0.163 e. The summed E-state index contributed by atoms with van der Waals surface area (Å²) in [6, 6.07) is 3.90. The van der Waals surface area contributed by atoms with Gasteiger partial charge in [-0.2, -0.15) is 0 Å². The summed E-state index contributed by atoms with van der Waals surface area (Å²) in [5.74, 6) is 2.44. The minimum absolute atomic E-state index is 0.710. The number of nitrogens with zero attached hydrogens (tertiary/aromatic N) is 2. The van der Waals surface area contributed by atoms with Crippen molar-refractivity contribution >= 4 is 11.0 Å². The summed E-state index contributed by atoms with van der Waals surface area (Å²) in [4.78, 5) is 4.57. The monoisotopic (exact) mass is 263 g/mol. The highest BCUT2D eigenvalue weighted by Gasteiger charge is 2.12. The summed E-state index contributed by atoms with van der Waals surface area (Å²) >= 11 is 0. The molecule has 0 amide bonds. The van der Waals surface area contributed by atoms with Gasteiger partial charge in [-0.1, -0.05) is 0 Å². The van der Waals surface area contributed by atoms with E-state index in [0.717, 1.165) is 48.5 Å². The van der Waals surface area contributed by atoms with Gasteiger partial charge in [0.05, 0.1) is 25.3 Å². The van der Waals surface area contributed by atoms with E-state index in [-0.39, 0.29) is 0 Å². The largest absolute Gasteiger partial charge is 0.493 e. The quantitative estimate of drug-likeness (QED) is 0.811. The number of rotatable bonds is 6. The van der Waals surface area contributed by atoms with Crippen molar-refractivity contribution in [1.82, 2.24) is 9.55 Å². The maximum atomic E-state index is 5.54. The van der Waals surface area contributed by atoms with Crippen molar-refractivity contribution in [3.63, 3.8) is 0 Å². The zero-order valence-electron chi connectivity index (χ0n) is 11.8. The highest BCUT2D eigenvalue weighted by atomic mass is 16.5. The molecule has 0 aliphatic rings. The predicted molar refractivity (Wildman–Crippen MR) is 75.9 cm³/mol. The molecular weight excluding hydrogens is 242 g/mol. The first-order valence-electron chi connectivity index (χ1n) is 6.50. The molecule has 0 atom stereocenters. The predicted octanol–water partition coefficient (Wildman–Crippen LogP) is 2.10. The Kier molecular flexibility index (Phi) is 4.27. The van der Waals surface area contributed by atoms with Crippen LogP contribution in [-0.4, -0.2) is 30.3 Å². The molecule has 0 saturated carbocycles. The first-order valence-corrected chi connectivity index (χ1v) is 6.50. The first kappa shape index (κ1) is 13.7. The fourth-order valence-corrected chi connectivity index (χ4v) is 2.27. The Morgan fingerprint density at radius 2 is 1.84 bits per heavy atom. The molecular formula is C14H21N3O2. The first-order chi connectivity index (χ1) is 9.21. The van der Waals surface area contributed by atoms with Crippen LogP contribution >= 0.6 is 0 Å². The minimum Gasteiger partial charge on any atom is -0.493 e. The summed E-state index contributed by atoms with van der Waals surface area (Å²) < 4.78 is 12.9. The number of fused-ring (bicyclic) bond motifs is 1. The van der Waals surface area contributed by atoms with E-state index in [4.69, 9.17) is 15.2 Å². The summed E-state index contributed by atoms with van der Waals surface area (Å²) in [5, 5.41) is 0. The van der Waals surface area contributed by atoms with Gasteiger partial charge >= 0.3 is 0 Å². The number of benzene rings is 1. The van der Waals surface area contributed by atoms with Crippen LogP contribution in [0.2, 0.25) is 0 Å². The molecule has 0 fully saturated rings. The van der Waals surface area contributed by atoms with Crippen molar-refractivity contribution in [3.8, 4) is 11.5 Å². The molecule has 5 heteroatoms. The molecule has 2 N–H and O–H groups in total. The van der Waals surface area contributed by atoms with Gasteiger partial charge in [0.1, 0.15) is 5.82 Å². The lowest BCUT2D eigenvalue weighted by molar-refractivity contribution is 0.355. The van der Waals surface area contributed by atoms with Crippen LogP contribution in [0.3, 0.4) is 0 Å². The summed E-state index contributed by atoms with van der Waals surface area (Å²) in [7, 11) is 3.28. The van der Waals surface area contributed by atoms with Crippen LogP contribution < -0.4 is 15.2 Å². The van der Waals surface area contributed by atoms with Crippen LogP contribution in [0, 0.1) is 6.92 Å². The Morgan fingerprint density at radius 3 is 2.47 bits per heavy atom. The second-order valence-electron chi connectivity index (χ2n) is 4.50. The highest BCUT2D eigenvalue weighted by molar-refractivity contribution is 5.80. The van der Waals surface area contributed by atoms with Crippen molar-refractivity contribution in [3.05, 3.63) is 18.0 Å². The summed E-state index contributed by atoms with van der Waals surface area (Å²) in [5.41, 5.74) is 7.55. The molecule has 0 radical (unpaired) electrons. The van der Waals surface area contributed by atoms with Crippen molar-refractivity contribution in [2.75, 3.05) is 20.8 Å². The molecule has 0 spiro atoms. The van der Waals surface area contributed by atoms with Crippen molar-refractivity contribution in [2.45, 2.75) is 26.3 Å². The smallest absolute Gasteiger partial charge is 0.163 e. The number of aryl methyl sites for hydroxylation is 2. The van der Waals surface area contributed by atoms with Crippen molar-refractivity contribution < 1.29 is 9.47 Å². The number of methoxy groups -OCH3 is 2. The second kappa shape index (κ2) is 5.93. The van der Waals surface area contributed by atoms with Crippen LogP contribution in [0.1, 0.15) is 18.7 Å². The Hall–Kier alpha value is -1.75. The summed E-state index contributed by atoms with van der Waals surface area (Å²) in [6.45, 7) is 3.67. The fourth-order valence-electron chi connectivity index (χ4n) is 2.27. The van der Waals surface area contributed by atoms with Crippen LogP contribution in [0.15, 0.2) is 12.1 Å². The average molecular weight is 263 g/mol. The molecule has 0 bridgehead atoms. The van der Waals surface area contributed by atoms with E-state index in [9.17, 15) is 0 Å². The molecule has 0 unspecified atom stereocenters. The number of unbranched alkanes of at least 4 members (excludes halogenated alkanes) is 1. The van der Waals surface area contributed by atoms with Gasteiger partial charge in [0, 0.05) is 18.7 Å². The molecule has 19 heavy (non-hydrogen) atoms. The van der Waals surface area contributed by atoms with E-state index in [0.29, 0.717) is 5.75 Å². The van der Waals surface area contributed by atoms with Crippen LogP contribution in [0.5, 0.6) is 11.5 Å². The number of hydrogen-bond acceptors (Lipinski definition) is 4. The lowest BCUT2D eigenvalue weighted by Gasteiger charge is -2.09. The average Bonchev–Trinajstić information content (AvgIpc) is 2.73. The molecule has 5 nitrogen and oxygen atoms in total. The Morgan fingerprint density at radius 1 is 1.16 bits per heavy atom. The van der Waals surface area contributed by atoms with E-state index in [1.165, 1.54) is 0 Å². The van der Waals surface area contributed by atoms with Gasteiger partial charge in [-0.3, -0.25) is 0 Å². The summed E-state index contributed by atoms with van der Waals surface area (Å²) in [6.07, 6.45) is 2.07. The maximum absolute atomic E-state index is 5.54. The van der Waals surface area contributed by atoms with Gasteiger partial charge in [0.2, 0.25) is 0 Å². The Bertz CT molecular complexity index is 563. The molecule has 0 aliphatic heterocycles. The van der Waals surface area contributed by atoms with Crippen LogP contribution in [-0.2, 0) is 6.54 Å². The van der Waals surface area contributed by atoms with Gasteiger partial charge in [0.15, 0.2) is 11.5 Å². The Balaban J connectivity index is 2.43. The SMILES string of the molecule is COc1cc2nc(C)n(CCCCN)c2cc1OC. The van der Waals surface area contributed by atoms with Crippen LogP contribution in [0.4, 0.5) is 0 Å². The third kappa shape index (κ3) is 2.66. The van der Waals surface area contributed by atoms with Crippen molar-refractivity contribution in [1.29, 1.82) is 0 Å². The van der Waals surface area contributed by atoms with Crippen molar-refractivity contribution in [2.24, 2.45) is 5.73 Å². The lowest BCUT2D eigenvalue weighted by Crippen LogP contribution is -2.04. The molecule has 104 valence electrons. The van der Waals surface area contributed by atoms with E-state index < -0.39 is 0 Å². The van der Waals surface area contributed by atoms with Gasteiger partial charge in [-0.15, -0.1) is 0 Å². The number of nitrogens with two attached hydrogens (primary N) is 1. The lowest BCUT2D eigenvalue weighted by atomic mass is 10.2.